The Morgan fingerprint density at radius 1 is 1.08 bits per heavy atom. The van der Waals surface area contributed by atoms with Crippen LogP contribution in [0.25, 0.3) is 11.4 Å². The van der Waals surface area contributed by atoms with Gasteiger partial charge in [0.25, 0.3) is 0 Å². The highest BCUT2D eigenvalue weighted by atomic mass is 32.2. The van der Waals surface area contributed by atoms with Crippen molar-refractivity contribution in [2.45, 2.75) is 31.9 Å². The molecule has 0 saturated carbocycles. The number of aryl methyl sites for hydroxylation is 1. The Morgan fingerprint density at radius 3 is 2.62 bits per heavy atom. The van der Waals surface area contributed by atoms with Crippen molar-refractivity contribution in [3.63, 3.8) is 0 Å². The third-order valence-corrected chi connectivity index (χ3v) is 4.59. The summed E-state index contributed by atoms with van der Waals surface area (Å²) in [5, 5.41) is 8.33. The van der Waals surface area contributed by atoms with Crippen LogP contribution in [0.3, 0.4) is 0 Å². The van der Waals surface area contributed by atoms with Gasteiger partial charge >= 0.3 is 0 Å². The van der Waals surface area contributed by atoms with E-state index in [1.54, 1.807) is 30.1 Å². The van der Waals surface area contributed by atoms with Gasteiger partial charge in [-0.1, -0.05) is 0 Å². The molecule has 5 nitrogen and oxygen atoms in total. The molecule has 0 radical (unpaired) electrons. The number of halogens is 1. The summed E-state index contributed by atoms with van der Waals surface area (Å²) in [6, 6.07) is 8.11. The van der Waals surface area contributed by atoms with Crippen LogP contribution in [0.5, 0.6) is 0 Å². The molecule has 0 aliphatic carbocycles. The summed E-state index contributed by atoms with van der Waals surface area (Å²) in [5.74, 6) is 3.81. The lowest BCUT2D eigenvalue weighted by Crippen LogP contribution is -2.02. The lowest BCUT2D eigenvalue weighted by Gasteiger charge is -2.06. The van der Waals surface area contributed by atoms with E-state index >= 15 is 0 Å². The largest absolute Gasteiger partial charge is 0.315 e. The number of thioether (sulfide) groups is 1. The fourth-order valence-corrected chi connectivity index (χ4v) is 3.27. The van der Waals surface area contributed by atoms with E-state index < -0.39 is 0 Å². The molecule has 0 N–H and O–H groups in total. The molecule has 3 aromatic rings. The Kier molecular flexibility index (Phi) is 5.20. The van der Waals surface area contributed by atoms with E-state index in [2.05, 4.69) is 31.7 Å². The van der Waals surface area contributed by atoms with Crippen molar-refractivity contribution in [2.24, 2.45) is 0 Å². The number of rotatable bonds is 6. The average Bonchev–Trinajstić information content (AvgIpc) is 2.95. The minimum absolute atomic E-state index is 0.263. The second kappa shape index (κ2) is 7.53. The predicted molar refractivity (Wildman–Crippen MR) is 92.9 cm³/mol. The summed E-state index contributed by atoms with van der Waals surface area (Å²) >= 11 is 1.74. The molecule has 0 fully saturated rings. The Hall–Kier alpha value is -2.28. The highest BCUT2D eigenvalue weighted by Gasteiger charge is 2.08. The molecule has 0 aliphatic heterocycles. The third kappa shape index (κ3) is 3.79. The third-order valence-electron chi connectivity index (χ3n) is 3.63. The summed E-state index contributed by atoms with van der Waals surface area (Å²) in [7, 11) is 0. The molecule has 124 valence electrons. The molecule has 0 amide bonds. The van der Waals surface area contributed by atoms with Crippen LogP contribution >= 0.6 is 11.8 Å². The molecule has 0 bridgehead atoms. The zero-order valence-corrected chi connectivity index (χ0v) is 14.4. The smallest absolute Gasteiger partial charge is 0.159 e. The van der Waals surface area contributed by atoms with Crippen LogP contribution < -0.4 is 0 Å². The molecule has 0 aliphatic rings. The second-order valence-corrected chi connectivity index (χ2v) is 6.26. The molecule has 2 heterocycles. The molecular formula is C17H18FN5S. The van der Waals surface area contributed by atoms with E-state index in [0.29, 0.717) is 5.82 Å². The summed E-state index contributed by atoms with van der Waals surface area (Å²) in [5.41, 5.74) is 1.75. The van der Waals surface area contributed by atoms with E-state index in [-0.39, 0.29) is 5.82 Å². The minimum atomic E-state index is -0.263. The first-order valence-electron chi connectivity index (χ1n) is 7.71. The van der Waals surface area contributed by atoms with E-state index in [1.807, 2.05) is 13.0 Å². The van der Waals surface area contributed by atoms with Crippen molar-refractivity contribution in [2.75, 3.05) is 0 Å². The maximum absolute atomic E-state index is 13.0. The highest BCUT2D eigenvalue weighted by molar-refractivity contribution is 7.97. The SMILES string of the molecule is CCn1c(C)nnc1CSCc1ccnc(-c2ccc(F)cc2)n1. The standard InChI is InChI=1S/C17H18FN5S/c1-3-23-12(2)21-22-16(23)11-24-10-15-8-9-19-17(20-15)13-4-6-14(18)7-5-13/h4-9H,3,10-11H2,1-2H3. The van der Waals surface area contributed by atoms with Gasteiger partial charge in [0.15, 0.2) is 5.82 Å². The fraction of sp³-hybridized carbons (Fsp3) is 0.294. The van der Waals surface area contributed by atoms with E-state index in [4.69, 9.17) is 0 Å². The number of aromatic nitrogens is 5. The highest BCUT2D eigenvalue weighted by Crippen LogP contribution is 2.19. The number of hydrogen-bond donors (Lipinski definition) is 0. The molecule has 1 aromatic carbocycles. The lowest BCUT2D eigenvalue weighted by molar-refractivity contribution is 0.628. The van der Waals surface area contributed by atoms with Crippen LogP contribution in [0.15, 0.2) is 36.5 Å². The van der Waals surface area contributed by atoms with Gasteiger partial charge < -0.3 is 4.57 Å². The van der Waals surface area contributed by atoms with Gasteiger partial charge in [-0.25, -0.2) is 14.4 Å². The molecule has 0 saturated heterocycles. The van der Waals surface area contributed by atoms with Crippen molar-refractivity contribution < 1.29 is 4.39 Å². The number of benzene rings is 1. The van der Waals surface area contributed by atoms with E-state index in [9.17, 15) is 4.39 Å². The lowest BCUT2D eigenvalue weighted by atomic mass is 10.2. The predicted octanol–water partition coefficient (Wildman–Crippen LogP) is 3.64. The summed E-state index contributed by atoms with van der Waals surface area (Å²) in [4.78, 5) is 8.82. The van der Waals surface area contributed by atoms with Crippen LogP contribution in [0, 0.1) is 12.7 Å². The van der Waals surface area contributed by atoms with Gasteiger partial charge in [-0.05, 0) is 44.2 Å². The van der Waals surface area contributed by atoms with Gasteiger partial charge in [0, 0.05) is 24.1 Å². The molecule has 7 heteroatoms. The van der Waals surface area contributed by atoms with E-state index in [1.165, 1.54) is 12.1 Å². The van der Waals surface area contributed by atoms with Crippen molar-refractivity contribution >= 4 is 11.8 Å². The summed E-state index contributed by atoms with van der Waals surface area (Å²) in [6.45, 7) is 4.92. The number of hydrogen-bond acceptors (Lipinski definition) is 5. The number of nitrogens with zero attached hydrogens (tertiary/aromatic N) is 5. The van der Waals surface area contributed by atoms with Crippen LogP contribution in [-0.4, -0.2) is 24.7 Å². The van der Waals surface area contributed by atoms with Gasteiger partial charge in [-0.15, -0.1) is 22.0 Å². The molecule has 0 atom stereocenters. The van der Waals surface area contributed by atoms with Crippen molar-refractivity contribution in [3.05, 3.63) is 59.7 Å². The Balaban J connectivity index is 1.65. The topological polar surface area (TPSA) is 56.5 Å². The molecule has 0 spiro atoms. The van der Waals surface area contributed by atoms with Crippen molar-refractivity contribution in [1.29, 1.82) is 0 Å². The van der Waals surface area contributed by atoms with Crippen LogP contribution in [0.2, 0.25) is 0 Å². The zero-order chi connectivity index (χ0) is 16.9. The quantitative estimate of drug-likeness (QED) is 0.684. The van der Waals surface area contributed by atoms with Crippen molar-refractivity contribution in [1.82, 2.24) is 24.7 Å². The van der Waals surface area contributed by atoms with Gasteiger partial charge in [-0.2, -0.15) is 0 Å². The second-order valence-electron chi connectivity index (χ2n) is 5.28. The monoisotopic (exact) mass is 343 g/mol. The Morgan fingerprint density at radius 2 is 1.88 bits per heavy atom. The first-order chi connectivity index (χ1) is 11.7. The van der Waals surface area contributed by atoms with E-state index in [0.717, 1.165) is 41.0 Å². The van der Waals surface area contributed by atoms with Gasteiger partial charge in [0.05, 0.1) is 11.4 Å². The Bertz CT molecular complexity index is 816. The minimum Gasteiger partial charge on any atom is -0.315 e. The van der Waals surface area contributed by atoms with Crippen LogP contribution in [-0.2, 0) is 18.1 Å². The molecular weight excluding hydrogens is 325 g/mol. The molecule has 24 heavy (non-hydrogen) atoms. The van der Waals surface area contributed by atoms with Crippen LogP contribution in [0.1, 0.15) is 24.3 Å². The first-order valence-corrected chi connectivity index (χ1v) is 8.87. The average molecular weight is 343 g/mol. The first kappa shape index (κ1) is 16.6. The fourth-order valence-electron chi connectivity index (χ4n) is 2.40. The molecule has 3 rings (SSSR count). The summed E-state index contributed by atoms with van der Waals surface area (Å²) in [6.07, 6.45) is 1.74. The van der Waals surface area contributed by atoms with Crippen LogP contribution in [0.4, 0.5) is 4.39 Å². The summed E-state index contributed by atoms with van der Waals surface area (Å²) < 4.78 is 15.1. The van der Waals surface area contributed by atoms with Crippen molar-refractivity contribution in [3.8, 4) is 11.4 Å². The van der Waals surface area contributed by atoms with Gasteiger partial charge in [-0.3, -0.25) is 0 Å². The maximum atomic E-state index is 13.0. The maximum Gasteiger partial charge on any atom is 0.159 e. The van der Waals surface area contributed by atoms with Gasteiger partial charge in [0.1, 0.15) is 17.5 Å². The molecule has 0 unspecified atom stereocenters. The Labute approximate surface area is 144 Å². The normalized spacial score (nSPS) is 11.0. The zero-order valence-electron chi connectivity index (χ0n) is 13.6. The molecule has 2 aromatic heterocycles. The van der Waals surface area contributed by atoms with Gasteiger partial charge in [0.2, 0.25) is 0 Å².